The molecule has 0 saturated carbocycles. The summed E-state index contributed by atoms with van der Waals surface area (Å²) in [6.45, 7) is 0. The van der Waals surface area contributed by atoms with Crippen molar-refractivity contribution in [1.82, 2.24) is 0 Å². The molecule has 0 atom stereocenters. The molecule has 1 N–H and O–H groups in total. The summed E-state index contributed by atoms with van der Waals surface area (Å²) in [5.41, 5.74) is 2.78. The fraction of sp³-hybridized carbons (Fsp3) is 0. The molecule has 1 amide bonds. The van der Waals surface area contributed by atoms with Crippen molar-refractivity contribution in [3.8, 4) is 0 Å². The maximum Gasteiger partial charge on any atom is 0.256 e. The van der Waals surface area contributed by atoms with Gasteiger partial charge in [0.1, 0.15) is 0 Å². The Kier molecular flexibility index (Phi) is 5.54. The lowest BCUT2D eigenvalue weighted by molar-refractivity contribution is -0.111. The van der Waals surface area contributed by atoms with Gasteiger partial charge in [-0.05, 0) is 35.4 Å². The first-order valence-electron chi connectivity index (χ1n) is 7.72. The molecule has 0 fully saturated rings. The molecule has 0 heterocycles. The summed E-state index contributed by atoms with van der Waals surface area (Å²) in [4.78, 5) is 12.9. The second-order valence-corrected chi connectivity index (χ2v) is 6.26. The molecule has 0 radical (unpaired) electrons. The first-order valence-corrected chi connectivity index (χ1v) is 8.47. The number of halogens is 2. The zero-order valence-electron chi connectivity index (χ0n) is 13.2. The van der Waals surface area contributed by atoms with E-state index < -0.39 is 0 Å². The van der Waals surface area contributed by atoms with Crippen LogP contribution in [0.2, 0.25) is 10.0 Å². The lowest BCUT2D eigenvalue weighted by atomic mass is 10.0. The third-order valence-electron chi connectivity index (χ3n) is 3.62. The number of hydrogen-bond donors (Lipinski definition) is 1. The highest BCUT2D eigenvalue weighted by Crippen LogP contribution is 2.27. The molecular weight excluding hydrogens is 353 g/mol. The molecule has 3 aromatic carbocycles. The van der Waals surface area contributed by atoms with Crippen molar-refractivity contribution in [1.29, 1.82) is 0 Å². The Labute approximate surface area is 156 Å². The minimum absolute atomic E-state index is 0.251. The molecule has 4 heteroatoms. The Morgan fingerprint density at radius 3 is 2.16 bits per heavy atom. The van der Waals surface area contributed by atoms with Crippen molar-refractivity contribution < 1.29 is 4.79 Å². The average molecular weight is 368 g/mol. The molecule has 2 nitrogen and oxygen atoms in total. The first-order chi connectivity index (χ1) is 12.1. The second-order valence-electron chi connectivity index (χ2n) is 5.41. The third-order valence-corrected chi connectivity index (χ3v) is 4.18. The standard InChI is InChI=1S/C21H15Cl2NO/c22-17-11-12-19(23)20(14-17)24-21(25)18(16-9-5-2-6-10-16)13-15-7-3-1-4-8-15/h1-14H,(H,24,25)/b18-13+. The van der Waals surface area contributed by atoms with E-state index in [-0.39, 0.29) is 5.91 Å². The normalized spacial score (nSPS) is 11.2. The summed E-state index contributed by atoms with van der Waals surface area (Å²) in [5.74, 6) is -0.251. The van der Waals surface area contributed by atoms with Gasteiger partial charge in [0.2, 0.25) is 0 Å². The van der Waals surface area contributed by atoms with Crippen molar-refractivity contribution in [2.45, 2.75) is 0 Å². The molecule has 124 valence electrons. The summed E-state index contributed by atoms with van der Waals surface area (Å²) >= 11 is 12.2. The average Bonchev–Trinajstić information content (AvgIpc) is 2.64. The highest BCUT2D eigenvalue weighted by molar-refractivity contribution is 6.37. The van der Waals surface area contributed by atoms with Crippen LogP contribution in [0.15, 0.2) is 78.9 Å². The summed E-state index contributed by atoms with van der Waals surface area (Å²) in [7, 11) is 0. The number of carbonyl (C=O) groups excluding carboxylic acids is 1. The molecule has 25 heavy (non-hydrogen) atoms. The Hall–Kier alpha value is -2.55. The van der Waals surface area contributed by atoms with E-state index in [2.05, 4.69) is 5.32 Å². The first kappa shape index (κ1) is 17.3. The predicted molar refractivity (Wildman–Crippen MR) is 106 cm³/mol. The molecular formula is C21H15Cl2NO. The van der Waals surface area contributed by atoms with E-state index in [1.165, 1.54) is 0 Å². The van der Waals surface area contributed by atoms with Crippen LogP contribution in [-0.4, -0.2) is 5.91 Å². The zero-order chi connectivity index (χ0) is 17.6. The number of amides is 1. The van der Waals surface area contributed by atoms with Crippen LogP contribution in [0, 0.1) is 0 Å². The topological polar surface area (TPSA) is 29.1 Å². The largest absolute Gasteiger partial charge is 0.321 e. The molecule has 3 rings (SSSR count). The van der Waals surface area contributed by atoms with Crippen LogP contribution in [0.4, 0.5) is 5.69 Å². The Morgan fingerprint density at radius 2 is 1.48 bits per heavy atom. The monoisotopic (exact) mass is 367 g/mol. The van der Waals surface area contributed by atoms with Gasteiger partial charge in [-0.3, -0.25) is 4.79 Å². The van der Waals surface area contributed by atoms with Gasteiger partial charge in [-0.25, -0.2) is 0 Å². The number of rotatable bonds is 4. The van der Waals surface area contributed by atoms with Gasteiger partial charge < -0.3 is 5.32 Å². The van der Waals surface area contributed by atoms with Crippen LogP contribution in [0.3, 0.4) is 0 Å². The van der Waals surface area contributed by atoms with Crippen LogP contribution in [0.25, 0.3) is 11.6 Å². The zero-order valence-corrected chi connectivity index (χ0v) is 14.8. The van der Waals surface area contributed by atoms with Gasteiger partial charge in [-0.2, -0.15) is 0 Å². The molecule has 0 unspecified atom stereocenters. The van der Waals surface area contributed by atoms with Crippen LogP contribution < -0.4 is 5.32 Å². The summed E-state index contributed by atoms with van der Waals surface area (Å²) < 4.78 is 0. The third kappa shape index (κ3) is 4.50. The smallest absolute Gasteiger partial charge is 0.256 e. The SMILES string of the molecule is O=C(Nc1cc(Cl)ccc1Cl)/C(=C/c1ccccc1)c1ccccc1. The minimum atomic E-state index is -0.251. The Bertz CT molecular complexity index is 906. The van der Waals surface area contributed by atoms with Crippen LogP contribution >= 0.6 is 23.2 Å². The van der Waals surface area contributed by atoms with Crippen LogP contribution in [-0.2, 0) is 4.79 Å². The van der Waals surface area contributed by atoms with Gasteiger partial charge in [0.15, 0.2) is 0 Å². The lowest BCUT2D eigenvalue weighted by Gasteiger charge is -2.11. The van der Waals surface area contributed by atoms with Gasteiger partial charge in [0.05, 0.1) is 10.7 Å². The van der Waals surface area contributed by atoms with E-state index >= 15 is 0 Å². The van der Waals surface area contributed by atoms with E-state index in [1.54, 1.807) is 18.2 Å². The van der Waals surface area contributed by atoms with E-state index in [1.807, 2.05) is 66.7 Å². The predicted octanol–water partition coefficient (Wildman–Crippen LogP) is 6.17. The maximum absolute atomic E-state index is 12.9. The lowest BCUT2D eigenvalue weighted by Crippen LogP contribution is -2.14. The second kappa shape index (κ2) is 8.02. The van der Waals surface area contributed by atoms with Gasteiger partial charge in [0, 0.05) is 10.6 Å². The molecule has 3 aromatic rings. The fourth-order valence-electron chi connectivity index (χ4n) is 2.40. The van der Waals surface area contributed by atoms with Gasteiger partial charge in [0.25, 0.3) is 5.91 Å². The summed E-state index contributed by atoms with van der Waals surface area (Å²) in [5, 5.41) is 3.79. The minimum Gasteiger partial charge on any atom is -0.321 e. The number of anilines is 1. The van der Waals surface area contributed by atoms with Crippen molar-refractivity contribution in [3.63, 3.8) is 0 Å². The maximum atomic E-state index is 12.9. The molecule has 0 aliphatic rings. The van der Waals surface area contributed by atoms with E-state index in [4.69, 9.17) is 23.2 Å². The number of nitrogens with one attached hydrogen (secondary N) is 1. The van der Waals surface area contributed by atoms with Crippen molar-refractivity contribution >= 4 is 46.4 Å². The molecule has 0 aromatic heterocycles. The molecule has 0 saturated heterocycles. The van der Waals surface area contributed by atoms with Gasteiger partial charge in [-0.1, -0.05) is 83.9 Å². The highest BCUT2D eigenvalue weighted by atomic mass is 35.5. The van der Waals surface area contributed by atoms with Gasteiger partial charge >= 0.3 is 0 Å². The Balaban J connectivity index is 1.98. The quantitative estimate of drug-likeness (QED) is 0.433. The Morgan fingerprint density at radius 1 is 0.840 bits per heavy atom. The van der Waals surface area contributed by atoms with E-state index in [9.17, 15) is 4.79 Å². The summed E-state index contributed by atoms with van der Waals surface area (Å²) in [6.07, 6.45) is 1.85. The van der Waals surface area contributed by atoms with Crippen molar-refractivity contribution in [2.75, 3.05) is 5.32 Å². The fourth-order valence-corrected chi connectivity index (χ4v) is 2.73. The van der Waals surface area contributed by atoms with Gasteiger partial charge in [-0.15, -0.1) is 0 Å². The number of benzene rings is 3. The van der Waals surface area contributed by atoms with Crippen molar-refractivity contribution in [2.24, 2.45) is 0 Å². The molecule has 0 spiro atoms. The molecule has 0 aliphatic carbocycles. The number of hydrogen-bond acceptors (Lipinski definition) is 1. The van der Waals surface area contributed by atoms with Crippen molar-refractivity contribution in [3.05, 3.63) is 100 Å². The highest BCUT2D eigenvalue weighted by Gasteiger charge is 2.14. The van der Waals surface area contributed by atoms with Crippen LogP contribution in [0.5, 0.6) is 0 Å². The van der Waals surface area contributed by atoms with E-state index in [0.29, 0.717) is 21.3 Å². The van der Waals surface area contributed by atoms with Crippen LogP contribution in [0.1, 0.15) is 11.1 Å². The molecule has 0 aliphatic heterocycles. The number of carbonyl (C=O) groups is 1. The summed E-state index contributed by atoms with van der Waals surface area (Å²) in [6, 6.07) is 24.2. The van der Waals surface area contributed by atoms with E-state index in [0.717, 1.165) is 11.1 Å². The molecule has 0 bridgehead atoms.